The van der Waals surface area contributed by atoms with Crippen LogP contribution in [0, 0.1) is 0 Å². The summed E-state index contributed by atoms with van der Waals surface area (Å²) in [7, 11) is 0. The Kier molecular flexibility index (Phi) is 10.1. The molecule has 0 aliphatic carbocycles. The standard InChI is InChI=1S/2C18H11Cl2N3O.Fe/c2*19-11-9-12(17(24)13(20)10-11)18-22-16(14-5-1-3-7-21-14)15-6-2-4-8-23(15)18;/h2*1-10,24H;/q;;+2/p-2. The van der Waals surface area contributed by atoms with Gasteiger partial charge < -0.3 is 10.2 Å². The Bertz CT molecular complexity index is 2270. The summed E-state index contributed by atoms with van der Waals surface area (Å²) in [6.45, 7) is 0. The molecule has 242 valence electrons. The molecule has 0 atom stereocenters. The van der Waals surface area contributed by atoms with E-state index in [2.05, 4.69) is 19.9 Å². The third-order valence-corrected chi connectivity index (χ3v) is 8.41. The number of benzene rings is 2. The first-order valence-electron chi connectivity index (χ1n) is 14.4. The third-order valence-electron chi connectivity index (χ3n) is 7.41. The molecule has 0 amide bonds. The van der Waals surface area contributed by atoms with Crippen LogP contribution in [0.5, 0.6) is 11.5 Å². The maximum atomic E-state index is 12.5. The molecule has 0 saturated carbocycles. The van der Waals surface area contributed by atoms with Crippen LogP contribution in [-0.2, 0) is 17.1 Å². The average molecular weight is 766 g/mol. The smallest absolute Gasteiger partial charge is 0.871 e. The van der Waals surface area contributed by atoms with E-state index in [1.165, 1.54) is 12.1 Å². The summed E-state index contributed by atoms with van der Waals surface area (Å²) >= 11 is 24.1. The van der Waals surface area contributed by atoms with E-state index in [0.29, 0.717) is 44.2 Å². The van der Waals surface area contributed by atoms with Gasteiger partial charge in [0.15, 0.2) is 0 Å². The minimum absolute atomic E-state index is 0. The number of fused-ring (bicyclic) bond motifs is 2. The molecule has 0 saturated heterocycles. The summed E-state index contributed by atoms with van der Waals surface area (Å²) in [6.07, 6.45) is 7.10. The van der Waals surface area contributed by atoms with Gasteiger partial charge in [-0.1, -0.05) is 82.2 Å². The molecular weight excluding hydrogens is 746 g/mol. The zero-order valence-corrected chi connectivity index (χ0v) is 29.0. The summed E-state index contributed by atoms with van der Waals surface area (Å²) in [5, 5.41) is 25.8. The Morgan fingerprint density at radius 3 is 1.31 bits per heavy atom. The molecular formula is C36H20Cl4FeN6O2. The summed E-state index contributed by atoms with van der Waals surface area (Å²) in [6, 6.07) is 28.7. The van der Waals surface area contributed by atoms with Gasteiger partial charge in [0.05, 0.1) is 22.4 Å². The van der Waals surface area contributed by atoms with Crippen LogP contribution in [0.1, 0.15) is 0 Å². The molecule has 2 aromatic carbocycles. The molecule has 13 heteroatoms. The number of nitrogens with zero attached hydrogens (tertiary/aromatic N) is 6. The van der Waals surface area contributed by atoms with Crippen LogP contribution < -0.4 is 10.2 Å². The second kappa shape index (κ2) is 14.5. The van der Waals surface area contributed by atoms with Crippen LogP contribution >= 0.6 is 46.4 Å². The van der Waals surface area contributed by atoms with Gasteiger partial charge in [0.25, 0.3) is 0 Å². The van der Waals surface area contributed by atoms with Crippen LogP contribution in [0.2, 0.25) is 20.1 Å². The first-order chi connectivity index (χ1) is 23.3. The minimum Gasteiger partial charge on any atom is -0.871 e. The molecule has 6 heterocycles. The summed E-state index contributed by atoms with van der Waals surface area (Å²) in [5.74, 6) is 0.370. The average Bonchev–Trinajstić information content (AvgIpc) is 3.69. The number of pyridine rings is 4. The number of halogens is 4. The predicted octanol–water partition coefficient (Wildman–Crippen LogP) is 8.88. The van der Waals surface area contributed by atoms with Crippen LogP contribution in [-0.4, -0.2) is 28.7 Å². The fourth-order valence-corrected chi connectivity index (χ4v) is 6.28. The summed E-state index contributed by atoms with van der Waals surface area (Å²) in [5.41, 5.74) is 5.26. The van der Waals surface area contributed by atoms with E-state index < -0.39 is 0 Å². The Hall–Kier alpha value is -4.60. The molecule has 8 rings (SSSR count). The molecule has 0 aliphatic rings. The van der Waals surface area contributed by atoms with E-state index in [9.17, 15) is 10.2 Å². The third kappa shape index (κ3) is 6.70. The maximum absolute atomic E-state index is 12.5. The van der Waals surface area contributed by atoms with E-state index in [4.69, 9.17) is 46.4 Å². The zero-order chi connectivity index (χ0) is 33.4. The van der Waals surface area contributed by atoms with Crippen LogP contribution in [0.3, 0.4) is 0 Å². The first-order valence-corrected chi connectivity index (χ1v) is 15.9. The van der Waals surface area contributed by atoms with E-state index >= 15 is 0 Å². The maximum Gasteiger partial charge on any atom is 2.00 e. The zero-order valence-electron chi connectivity index (χ0n) is 24.9. The Morgan fingerprint density at radius 1 is 0.510 bits per heavy atom. The normalized spacial score (nSPS) is 10.9. The van der Waals surface area contributed by atoms with E-state index in [0.717, 1.165) is 22.4 Å². The fraction of sp³-hybridized carbons (Fsp3) is 0. The molecule has 0 unspecified atom stereocenters. The molecule has 0 N–H and O–H groups in total. The summed E-state index contributed by atoms with van der Waals surface area (Å²) in [4.78, 5) is 18.0. The van der Waals surface area contributed by atoms with Crippen molar-refractivity contribution in [2.75, 3.05) is 0 Å². The Balaban J connectivity index is 0.000000167. The van der Waals surface area contributed by atoms with Gasteiger partial charge in [0.1, 0.15) is 23.0 Å². The number of hydrogen-bond acceptors (Lipinski definition) is 6. The van der Waals surface area contributed by atoms with Gasteiger partial charge in [-0.15, -0.1) is 0 Å². The molecule has 6 aromatic heterocycles. The van der Waals surface area contributed by atoms with Crippen molar-refractivity contribution in [2.24, 2.45) is 0 Å². The minimum atomic E-state index is -0.301. The SMILES string of the molecule is [Fe+2].[O-]c1c(Cl)cc(Cl)cc1-c1nc(-c2ccccn2)c2ccccn12.[O-]c1c(Cl)cc(Cl)cc1-c1nc(-c2ccccn2)c2ccccn12. The quantitative estimate of drug-likeness (QED) is 0.166. The van der Waals surface area contributed by atoms with Gasteiger partial charge in [0, 0.05) is 56.0 Å². The molecule has 0 aliphatic heterocycles. The summed E-state index contributed by atoms with van der Waals surface area (Å²) < 4.78 is 3.68. The van der Waals surface area contributed by atoms with Crippen LogP contribution in [0.25, 0.3) is 56.6 Å². The topological polar surface area (TPSA) is 106 Å². The fourth-order valence-electron chi connectivity index (χ4n) is 5.29. The molecule has 0 spiro atoms. The van der Waals surface area contributed by atoms with Crippen LogP contribution in [0.4, 0.5) is 0 Å². The van der Waals surface area contributed by atoms with Crippen molar-refractivity contribution in [1.29, 1.82) is 0 Å². The number of rotatable bonds is 4. The largest absolute Gasteiger partial charge is 2.00 e. The predicted molar refractivity (Wildman–Crippen MR) is 187 cm³/mol. The van der Waals surface area contributed by atoms with Crippen molar-refractivity contribution in [2.45, 2.75) is 0 Å². The van der Waals surface area contributed by atoms with Gasteiger partial charge in [-0.2, -0.15) is 0 Å². The van der Waals surface area contributed by atoms with Crippen molar-refractivity contribution < 1.29 is 27.3 Å². The molecule has 0 bridgehead atoms. The van der Waals surface area contributed by atoms with Crippen molar-refractivity contribution in [3.05, 3.63) is 142 Å². The van der Waals surface area contributed by atoms with Gasteiger partial charge in [-0.05, 0) is 72.8 Å². The first kappa shape index (κ1) is 34.3. The molecule has 8 nitrogen and oxygen atoms in total. The van der Waals surface area contributed by atoms with E-state index in [1.807, 2.05) is 94.0 Å². The molecule has 8 aromatic rings. The monoisotopic (exact) mass is 764 g/mol. The van der Waals surface area contributed by atoms with E-state index in [1.54, 1.807) is 24.5 Å². The molecule has 0 radical (unpaired) electrons. The number of aromatic nitrogens is 6. The van der Waals surface area contributed by atoms with Gasteiger partial charge in [0.2, 0.25) is 0 Å². The second-order valence-electron chi connectivity index (χ2n) is 10.4. The molecule has 49 heavy (non-hydrogen) atoms. The van der Waals surface area contributed by atoms with Crippen molar-refractivity contribution >= 4 is 57.4 Å². The molecule has 0 fully saturated rings. The van der Waals surface area contributed by atoms with Crippen molar-refractivity contribution in [3.63, 3.8) is 0 Å². The number of imidazole rings is 2. The van der Waals surface area contributed by atoms with E-state index in [-0.39, 0.29) is 38.6 Å². The Morgan fingerprint density at radius 2 is 0.918 bits per heavy atom. The van der Waals surface area contributed by atoms with Crippen LogP contribution in [0.15, 0.2) is 122 Å². The van der Waals surface area contributed by atoms with Gasteiger partial charge >= 0.3 is 17.1 Å². The number of hydrogen-bond donors (Lipinski definition) is 0. The Labute approximate surface area is 310 Å². The van der Waals surface area contributed by atoms with Gasteiger partial charge in [-0.25, -0.2) is 9.97 Å². The van der Waals surface area contributed by atoms with Gasteiger partial charge in [-0.3, -0.25) is 18.8 Å². The van der Waals surface area contributed by atoms with Crippen molar-refractivity contribution in [3.8, 4) is 57.1 Å². The van der Waals surface area contributed by atoms with Crippen molar-refractivity contribution in [1.82, 2.24) is 28.7 Å². The second-order valence-corrected chi connectivity index (χ2v) is 12.1.